The standard InChI is InChI=1S/C14H21NO5/c1-17-9-10-19-7-4-8-20-14(16)11-5-3-6-12(18-2)13(11)15/h3,5-6H,4,7-10,15H2,1-2H3. The number of hydrogen-bond donors (Lipinski definition) is 1. The molecule has 1 aromatic rings. The van der Waals surface area contributed by atoms with E-state index < -0.39 is 5.97 Å². The third-order valence-electron chi connectivity index (χ3n) is 2.60. The summed E-state index contributed by atoms with van der Waals surface area (Å²) in [5.41, 5.74) is 6.41. The van der Waals surface area contributed by atoms with Gasteiger partial charge in [0.25, 0.3) is 0 Å². The fourth-order valence-electron chi connectivity index (χ4n) is 1.55. The molecule has 0 aliphatic carbocycles. The first kappa shape index (κ1) is 16.3. The van der Waals surface area contributed by atoms with Gasteiger partial charge in [-0.15, -0.1) is 0 Å². The Labute approximate surface area is 118 Å². The average molecular weight is 283 g/mol. The Morgan fingerprint density at radius 3 is 2.65 bits per heavy atom. The molecule has 0 spiro atoms. The lowest BCUT2D eigenvalue weighted by Crippen LogP contribution is -2.11. The zero-order valence-electron chi connectivity index (χ0n) is 11.9. The van der Waals surface area contributed by atoms with Crippen LogP contribution in [-0.4, -0.2) is 46.6 Å². The van der Waals surface area contributed by atoms with Crippen molar-refractivity contribution in [1.82, 2.24) is 0 Å². The van der Waals surface area contributed by atoms with Crippen molar-refractivity contribution in [2.45, 2.75) is 6.42 Å². The highest BCUT2D eigenvalue weighted by atomic mass is 16.5. The Morgan fingerprint density at radius 2 is 1.95 bits per heavy atom. The van der Waals surface area contributed by atoms with Gasteiger partial charge in [-0.05, 0) is 12.1 Å². The molecule has 1 aromatic carbocycles. The largest absolute Gasteiger partial charge is 0.495 e. The van der Waals surface area contributed by atoms with Crippen LogP contribution < -0.4 is 10.5 Å². The van der Waals surface area contributed by atoms with Crippen molar-refractivity contribution < 1.29 is 23.7 Å². The molecule has 0 aliphatic heterocycles. The summed E-state index contributed by atoms with van der Waals surface area (Å²) in [6.07, 6.45) is 0.624. The first-order chi connectivity index (χ1) is 9.70. The SMILES string of the molecule is COCCOCCCOC(=O)c1cccc(OC)c1N. The van der Waals surface area contributed by atoms with Crippen LogP contribution in [0.3, 0.4) is 0 Å². The van der Waals surface area contributed by atoms with Crippen molar-refractivity contribution in [3.8, 4) is 5.75 Å². The molecule has 20 heavy (non-hydrogen) atoms. The van der Waals surface area contributed by atoms with Crippen LogP contribution in [0, 0.1) is 0 Å². The minimum Gasteiger partial charge on any atom is -0.495 e. The summed E-state index contributed by atoms with van der Waals surface area (Å²) in [5, 5.41) is 0. The summed E-state index contributed by atoms with van der Waals surface area (Å²) in [5.74, 6) is 0.000593. The number of carbonyl (C=O) groups is 1. The molecule has 112 valence electrons. The zero-order valence-corrected chi connectivity index (χ0v) is 11.9. The zero-order chi connectivity index (χ0) is 14.8. The second-order valence-corrected chi connectivity index (χ2v) is 4.02. The number of anilines is 1. The Balaban J connectivity index is 2.33. The van der Waals surface area contributed by atoms with Gasteiger partial charge in [0.1, 0.15) is 5.75 Å². The smallest absolute Gasteiger partial charge is 0.340 e. The van der Waals surface area contributed by atoms with E-state index in [0.717, 1.165) is 0 Å². The molecule has 0 amide bonds. The molecule has 0 fully saturated rings. The first-order valence-electron chi connectivity index (χ1n) is 6.37. The van der Waals surface area contributed by atoms with Gasteiger partial charge in [0.2, 0.25) is 0 Å². The number of ether oxygens (including phenoxy) is 4. The number of methoxy groups -OCH3 is 2. The van der Waals surface area contributed by atoms with Crippen LogP contribution >= 0.6 is 0 Å². The Kier molecular flexibility index (Phi) is 7.46. The number of esters is 1. The number of nitrogens with two attached hydrogens (primary N) is 1. The van der Waals surface area contributed by atoms with Crippen LogP contribution in [0.4, 0.5) is 5.69 Å². The Hall–Kier alpha value is -1.79. The van der Waals surface area contributed by atoms with Crippen molar-refractivity contribution in [3.63, 3.8) is 0 Å². The van der Waals surface area contributed by atoms with Gasteiger partial charge in [0.15, 0.2) is 0 Å². The molecule has 0 saturated heterocycles. The molecule has 0 aliphatic rings. The van der Waals surface area contributed by atoms with E-state index in [9.17, 15) is 4.79 Å². The van der Waals surface area contributed by atoms with Gasteiger partial charge in [-0.1, -0.05) is 6.07 Å². The van der Waals surface area contributed by atoms with Gasteiger partial charge in [0.05, 0.1) is 38.2 Å². The van der Waals surface area contributed by atoms with Crippen molar-refractivity contribution in [2.24, 2.45) is 0 Å². The van der Waals surface area contributed by atoms with Crippen molar-refractivity contribution >= 4 is 11.7 Å². The van der Waals surface area contributed by atoms with Gasteiger partial charge >= 0.3 is 5.97 Å². The number of hydrogen-bond acceptors (Lipinski definition) is 6. The normalized spacial score (nSPS) is 10.3. The highest BCUT2D eigenvalue weighted by Gasteiger charge is 2.13. The fourth-order valence-corrected chi connectivity index (χ4v) is 1.55. The fraction of sp³-hybridized carbons (Fsp3) is 0.500. The van der Waals surface area contributed by atoms with Crippen LogP contribution in [-0.2, 0) is 14.2 Å². The number of nitrogen functional groups attached to an aromatic ring is 1. The van der Waals surface area contributed by atoms with Gasteiger partial charge in [-0.3, -0.25) is 0 Å². The number of benzene rings is 1. The van der Waals surface area contributed by atoms with E-state index in [0.29, 0.717) is 37.6 Å². The second kappa shape index (κ2) is 9.17. The third-order valence-corrected chi connectivity index (χ3v) is 2.60. The molecule has 0 unspecified atom stereocenters. The van der Waals surface area contributed by atoms with E-state index in [4.69, 9.17) is 24.7 Å². The van der Waals surface area contributed by atoms with Gasteiger partial charge in [0, 0.05) is 20.1 Å². The van der Waals surface area contributed by atoms with E-state index in [2.05, 4.69) is 0 Å². The maximum Gasteiger partial charge on any atom is 0.340 e. The number of para-hydroxylation sites is 1. The van der Waals surface area contributed by atoms with Gasteiger partial charge in [-0.2, -0.15) is 0 Å². The molecule has 6 nitrogen and oxygen atoms in total. The molecular weight excluding hydrogens is 262 g/mol. The summed E-state index contributed by atoms with van der Waals surface area (Å²) in [6, 6.07) is 4.99. The lowest BCUT2D eigenvalue weighted by Gasteiger charge is -2.10. The summed E-state index contributed by atoms with van der Waals surface area (Å²) in [4.78, 5) is 11.9. The molecule has 0 saturated carbocycles. The van der Waals surface area contributed by atoms with Gasteiger partial charge in [-0.25, -0.2) is 4.79 Å². The lowest BCUT2D eigenvalue weighted by molar-refractivity contribution is 0.0386. The lowest BCUT2D eigenvalue weighted by atomic mass is 10.1. The third kappa shape index (κ3) is 5.07. The van der Waals surface area contributed by atoms with Crippen LogP contribution in [0.5, 0.6) is 5.75 Å². The van der Waals surface area contributed by atoms with E-state index in [1.165, 1.54) is 7.11 Å². The Bertz CT molecular complexity index is 422. The van der Waals surface area contributed by atoms with Crippen molar-refractivity contribution in [1.29, 1.82) is 0 Å². The summed E-state index contributed by atoms with van der Waals surface area (Å²) < 4.78 is 20.3. The summed E-state index contributed by atoms with van der Waals surface area (Å²) in [6.45, 7) is 1.89. The number of carbonyl (C=O) groups excluding carboxylic acids is 1. The van der Waals surface area contributed by atoms with E-state index >= 15 is 0 Å². The molecule has 0 radical (unpaired) electrons. The monoisotopic (exact) mass is 283 g/mol. The highest BCUT2D eigenvalue weighted by Crippen LogP contribution is 2.25. The topological polar surface area (TPSA) is 80.0 Å². The molecule has 0 heterocycles. The van der Waals surface area contributed by atoms with E-state index in [1.54, 1.807) is 25.3 Å². The van der Waals surface area contributed by atoms with E-state index in [1.807, 2.05) is 0 Å². The molecule has 0 atom stereocenters. The van der Waals surface area contributed by atoms with Gasteiger partial charge < -0.3 is 24.7 Å². The molecule has 6 heteroatoms. The number of rotatable bonds is 9. The van der Waals surface area contributed by atoms with Crippen LogP contribution in [0.25, 0.3) is 0 Å². The van der Waals surface area contributed by atoms with E-state index in [-0.39, 0.29) is 12.3 Å². The maximum absolute atomic E-state index is 11.9. The minimum absolute atomic E-state index is 0.280. The minimum atomic E-state index is -0.460. The average Bonchev–Trinajstić information content (AvgIpc) is 2.46. The predicted octanol–water partition coefficient (Wildman–Crippen LogP) is 1.49. The summed E-state index contributed by atoms with van der Waals surface area (Å²) in [7, 11) is 3.11. The highest BCUT2D eigenvalue weighted by molar-refractivity contribution is 5.96. The molecule has 0 aromatic heterocycles. The second-order valence-electron chi connectivity index (χ2n) is 4.02. The first-order valence-corrected chi connectivity index (χ1v) is 6.37. The molecular formula is C14H21NO5. The van der Waals surface area contributed by atoms with Crippen LogP contribution in [0.1, 0.15) is 16.8 Å². The van der Waals surface area contributed by atoms with Crippen LogP contribution in [0.2, 0.25) is 0 Å². The quantitative estimate of drug-likeness (QED) is 0.420. The summed E-state index contributed by atoms with van der Waals surface area (Å²) >= 11 is 0. The Morgan fingerprint density at radius 1 is 1.15 bits per heavy atom. The predicted molar refractivity (Wildman–Crippen MR) is 75.0 cm³/mol. The van der Waals surface area contributed by atoms with Crippen molar-refractivity contribution in [3.05, 3.63) is 23.8 Å². The molecule has 2 N–H and O–H groups in total. The molecule has 0 bridgehead atoms. The molecule has 1 rings (SSSR count). The van der Waals surface area contributed by atoms with Crippen LogP contribution in [0.15, 0.2) is 18.2 Å². The maximum atomic E-state index is 11.9. The van der Waals surface area contributed by atoms with Crippen molar-refractivity contribution in [2.75, 3.05) is 46.4 Å².